The minimum atomic E-state index is 0.598. The number of aryl methyl sites for hydroxylation is 1. The molecule has 0 amide bonds. The van der Waals surface area contributed by atoms with Gasteiger partial charge in [-0.2, -0.15) is 5.10 Å². The van der Waals surface area contributed by atoms with E-state index < -0.39 is 0 Å². The number of aromatic nitrogens is 3. The zero-order valence-corrected chi connectivity index (χ0v) is 10.8. The molecule has 1 fully saturated rings. The van der Waals surface area contributed by atoms with Gasteiger partial charge in [0.1, 0.15) is 5.82 Å². The van der Waals surface area contributed by atoms with Gasteiger partial charge in [-0.15, -0.1) is 0 Å². The van der Waals surface area contributed by atoms with Gasteiger partial charge in [0.2, 0.25) is 0 Å². The molecule has 3 rings (SSSR count). The summed E-state index contributed by atoms with van der Waals surface area (Å²) in [6.45, 7) is 4.21. The second kappa shape index (κ2) is 4.44. The Bertz CT molecular complexity index is 540. The molecule has 1 aromatic carbocycles. The average molecular weight is 242 g/mol. The number of benzene rings is 1. The molecule has 0 bridgehead atoms. The van der Waals surface area contributed by atoms with Gasteiger partial charge >= 0.3 is 0 Å². The summed E-state index contributed by atoms with van der Waals surface area (Å²) in [5.74, 6) is 2.46. The second-order valence-corrected chi connectivity index (χ2v) is 5.21. The van der Waals surface area contributed by atoms with Crippen LogP contribution in [0.15, 0.2) is 24.3 Å². The first-order valence-electron chi connectivity index (χ1n) is 6.47. The van der Waals surface area contributed by atoms with E-state index >= 15 is 0 Å². The number of para-hydroxylation sites is 1. The highest BCUT2D eigenvalue weighted by Gasteiger charge is 2.25. The lowest BCUT2D eigenvalue weighted by Crippen LogP contribution is -2.33. The predicted octanol–water partition coefficient (Wildman–Crippen LogP) is 2.99. The molecule has 0 spiro atoms. The van der Waals surface area contributed by atoms with Crippen LogP contribution in [0, 0.1) is 12.8 Å². The Labute approximate surface area is 107 Å². The van der Waals surface area contributed by atoms with E-state index in [9.17, 15) is 0 Å². The molecule has 94 valence electrons. The third-order valence-corrected chi connectivity index (χ3v) is 3.50. The molecule has 4 nitrogen and oxygen atoms in total. The Balaban J connectivity index is 1.85. The van der Waals surface area contributed by atoms with Crippen LogP contribution in [-0.4, -0.2) is 21.2 Å². The number of H-pyrrole nitrogens is 1. The first-order valence-corrected chi connectivity index (χ1v) is 6.47. The van der Waals surface area contributed by atoms with E-state index in [4.69, 9.17) is 0 Å². The van der Waals surface area contributed by atoms with Gasteiger partial charge in [0.15, 0.2) is 5.82 Å². The maximum absolute atomic E-state index is 4.40. The standard InChI is InChI=1S/C14H18N4/c1-9-7-11(8-9)16-13-6-4-3-5-12(13)14-15-10(2)17-18-14/h3-6,9,11,16H,7-8H2,1-2H3,(H,15,17,18). The van der Waals surface area contributed by atoms with Gasteiger partial charge in [-0.25, -0.2) is 4.98 Å². The van der Waals surface area contributed by atoms with Gasteiger partial charge in [0.05, 0.1) is 0 Å². The summed E-state index contributed by atoms with van der Waals surface area (Å²) < 4.78 is 0. The van der Waals surface area contributed by atoms with E-state index in [1.807, 2.05) is 19.1 Å². The average Bonchev–Trinajstić information content (AvgIpc) is 2.74. The van der Waals surface area contributed by atoms with Crippen molar-refractivity contribution in [2.45, 2.75) is 32.7 Å². The third kappa shape index (κ3) is 2.10. The van der Waals surface area contributed by atoms with E-state index in [0.29, 0.717) is 6.04 Å². The normalized spacial score (nSPS) is 22.6. The lowest BCUT2D eigenvalue weighted by Gasteiger charge is -2.34. The van der Waals surface area contributed by atoms with Crippen molar-refractivity contribution in [1.29, 1.82) is 0 Å². The maximum Gasteiger partial charge on any atom is 0.183 e. The van der Waals surface area contributed by atoms with Crippen LogP contribution in [-0.2, 0) is 0 Å². The molecule has 1 aliphatic rings. The summed E-state index contributed by atoms with van der Waals surface area (Å²) >= 11 is 0. The molecule has 0 radical (unpaired) electrons. The number of anilines is 1. The molecule has 1 saturated carbocycles. The fourth-order valence-electron chi connectivity index (χ4n) is 2.51. The molecule has 1 aliphatic carbocycles. The van der Waals surface area contributed by atoms with Crippen LogP contribution in [0.1, 0.15) is 25.6 Å². The Morgan fingerprint density at radius 3 is 2.72 bits per heavy atom. The lowest BCUT2D eigenvalue weighted by molar-refractivity contribution is 0.309. The van der Waals surface area contributed by atoms with Gasteiger partial charge in [-0.05, 0) is 37.8 Å². The van der Waals surface area contributed by atoms with Crippen molar-refractivity contribution in [2.24, 2.45) is 5.92 Å². The van der Waals surface area contributed by atoms with E-state index in [2.05, 4.69) is 39.6 Å². The van der Waals surface area contributed by atoms with Crippen LogP contribution >= 0.6 is 0 Å². The third-order valence-electron chi connectivity index (χ3n) is 3.50. The number of aromatic amines is 1. The smallest absolute Gasteiger partial charge is 0.183 e. The highest BCUT2D eigenvalue weighted by atomic mass is 15.2. The summed E-state index contributed by atoms with van der Waals surface area (Å²) in [6.07, 6.45) is 2.50. The van der Waals surface area contributed by atoms with Crippen LogP contribution in [0.25, 0.3) is 11.4 Å². The molecular formula is C14H18N4. The predicted molar refractivity (Wildman–Crippen MR) is 72.4 cm³/mol. The highest BCUT2D eigenvalue weighted by molar-refractivity contribution is 5.73. The Hall–Kier alpha value is -1.84. The number of hydrogen-bond acceptors (Lipinski definition) is 3. The molecule has 2 aromatic rings. The zero-order chi connectivity index (χ0) is 12.5. The van der Waals surface area contributed by atoms with Crippen LogP contribution in [0.3, 0.4) is 0 Å². The molecule has 18 heavy (non-hydrogen) atoms. The van der Waals surface area contributed by atoms with Crippen molar-refractivity contribution < 1.29 is 0 Å². The van der Waals surface area contributed by atoms with E-state index in [0.717, 1.165) is 28.8 Å². The Kier molecular flexibility index (Phi) is 2.78. The molecule has 0 atom stereocenters. The van der Waals surface area contributed by atoms with Crippen molar-refractivity contribution in [2.75, 3.05) is 5.32 Å². The summed E-state index contributed by atoms with van der Waals surface area (Å²) in [6, 6.07) is 8.83. The largest absolute Gasteiger partial charge is 0.382 e. The molecule has 0 aliphatic heterocycles. The summed E-state index contributed by atoms with van der Waals surface area (Å²) in [7, 11) is 0. The van der Waals surface area contributed by atoms with Crippen molar-refractivity contribution in [3.63, 3.8) is 0 Å². The first-order chi connectivity index (χ1) is 8.72. The second-order valence-electron chi connectivity index (χ2n) is 5.21. The molecule has 2 N–H and O–H groups in total. The van der Waals surface area contributed by atoms with Crippen LogP contribution < -0.4 is 5.32 Å². The van der Waals surface area contributed by atoms with Crippen LogP contribution in [0.5, 0.6) is 0 Å². The monoisotopic (exact) mass is 242 g/mol. The summed E-state index contributed by atoms with van der Waals surface area (Å²) in [5.41, 5.74) is 2.20. The molecule has 1 heterocycles. The van der Waals surface area contributed by atoms with Crippen molar-refractivity contribution in [3.05, 3.63) is 30.1 Å². The van der Waals surface area contributed by atoms with Crippen LogP contribution in [0.2, 0.25) is 0 Å². The molecular weight excluding hydrogens is 224 g/mol. The van der Waals surface area contributed by atoms with Gasteiger partial charge in [0, 0.05) is 17.3 Å². The minimum Gasteiger partial charge on any atom is -0.382 e. The fraction of sp³-hybridized carbons (Fsp3) is 0.429. The summed E-state index contributed by atoms with van der Waals surface area (Å²) in [5, 5.41) is 10.7. The SMILES string of the molecule is Cc1nc(-c2ccccc2NC2CC(C)C2)n[nH]1. The van der Waals surface area contributed by atoms with Crippen molar-refractivity contribution >= 4 is 5.69 Å². The number of nitrogens with zero attached hydrogens (tertiary/aromatic N) is 2. The van der Waals surface area contributed by atoms with Crippen molar-refractivity contribution in [3.8, 4) is 11.4 Å². The highest BCUT2D eigenvalue weighted by Crippen LogP contribution is 2.32. The van der Waals surface area contributed by atoms with E-state index in [1.54, 1.807) is 0 Å². The first kappa shape index (κ1) is 11.3. The number of rotatable bonds is 3. The maximum atomic E-state index is 4.40. The zero-order valence-electron chi connectivity index (χ0n) is 10.8. The quantitative estimate of drug-likeness (QED) is 0.870. The summed E-state index contributed by atoms with van der Waals surface area (Å²) in [4.78, 5) is 4.40. The van der Waals surface area contributed by atoms with Gasteiger partial charge in [0.25, 0.3) is 0 Å². The molecule has 0 saturated heterocycles. The number of hydrogen-bond donors (Lipinski definition) is 2. The van der Waals surface area contributed by atoms with Gasteiger partial charge in [-0.3, -0.25) is 5.10 Å². The Morgan fingerprint density at radius 2 is 2.06 bits per heavy atom. The Morgan fingerprint density at radius 1 is 1.28 bits per heavy atom. The van der Waals surface area contributed by atoms with Crippen molar-refractivity contribution in [1.82, 2.24) is 15.2 Å². The molecule has 0 unspecified atom stereocenters. The fourth-order valence-corrected chi connectivity index (χ4v) is 2.51. The molecule has 1 aromatic heterocycles. The topological polar surface area (TPSA) is 53.6 Å². The van der Waals surface area contributed by atoms with Crippen LogP contribution in [0.4, 0.5) is 5.69 Å². The van der Waals surface area contributed by atoms with Gasteiger partial charge in [-0.1, -0.05) is 19.1 Å². The van der Waals surface area contributed by atoms with E-state index in [-0.39, 0.29) is 0 Å². The number of nitrogens with one attached hydrogen (secondary N) is 2. The van der Waals surface area contributed by atoms with E-state index in [1.165, 1.54) is 12.8 Å². The lowest BCUT2D eigenvalue weighted by atomic mass is 9.81. The minimum absolute atomic E-state index is 0.598. The molecule has 4 heteroatoms. The van der Waals surface area contributed by atoms with Gasteiger partial charge < -0.3 is 5.32 Å².